The number of unbranched alkanes of at least 4 members (excludes halogenated alkanes) is 30. The average Bonchev–Trinajstić information content (AvgIpc) is 3.21. The maximum atomic E-state index is 12.9. The molecule has 9 heteroatoms. The van der Waals surface area contributed by atoms with Crippen LogP contribution in [0.4, 0.5) is 0 Å². The third kappa shape index (κ3) is 46.5. The third-order valence-electron chi connectivity index (χ3n) is 11.6. The smallest absolute Gasteiger partial charge is 0.268 e. The number of carbonyl (C=O) groups is 1. The minimum absolute atomic E-state index is 0.00768. The molecule has 8 nitrogen and oxygen atoms in total. The van der Waals surface area contributed by atoms with Crippen LogP contribution in [-0.2, 0) is 18.4 Å². The van der Waals surface area contributed by atoms with Crippen LogP contribution in [0.1, 0.15) is 239 Å². The van der Waals surface area contributed by atoms with E-state index >= 15 is 0 Å². The van der Waals surface area contributed by atoms with Crippen molar-refractivity contribution in [2.45, 2.75) is 251 Å². The minimum Gasteiger partial charge on any atom is -0.756 e. The van der Waals surface area contributed by atoms with Gasteiger partial charge in [-0.2, -0.15) is 0 Å². The molecule has 0 aromatic carbocycles. The van der Waals surface area contributed by atoms with E-state index in [1.807, 2.05) is 27.2 Å². The number of allylic oxidation sites excluding steroid dienone is 5. The van der Waals surface area contributed by atoms with Crippen molar-refractivity contribution in [3.63, 3.8) is 0 Å². The van der Waals surface area contributed by atoms with E-state index in [0.29, 0.717) is 17.4 Å². The van der Waals surface area contributed by atoms with Gasteiger partial charge in [0.1, 0.15) is 13.2 Å². The normalized spacial score (nSPS) is 14.4. The molecule has 0 aliphatic carbocycles. The number of aliphatic hydroxyl groups excluding tert-OH is 1. The number of quaternary nitrogens is 1. The Kier molecular flexibility index (Phi) is 43.0. The zero-order chi connectivity index (χ0) is 45.0. The third-order valence-corrected chi connectivity index (χ3v) is 12.5. The van der Waals surface area contributed by atoms with Crippen LogP contribution in [0.15, 0.2) is 36.5 Å². The van der Waals surface area contributed by atoms with Crippen molar-refractivity contribution in [1.82, 2.24) is 5.32 Å². The molecule has 0 aliphatic heterocycles. The van der Waals surface area contributed by atoms with Crippen molar-refractivity contribution in [2.75, 3.05) is 40.9 Å². The average molecular weight is 881 g/mol. The number of phosphoric ester groups is 1. The van der Waals surface area contributed by atoms with E-state index in [0.717, 1.165) is 57.8 Å². The van der Waals surface area contributed by atoms with E-state index in [-0.39, 0.29) is 12.5 Å². The van der Waals surface area contributed by atoms with Gasteiger partial charge in [-0.3, -0.25) is 9.36 Å². The molecule has 0 rings (SSSR count). The molecule has 2 N–H and O–H groups in total. The minimum atomic E-state index is -4.60. The van der Waals surface area contributed by atoms with Crippen LogP contribution in [0.2, 0.25) is 0 Å². The molecule has 0 aromatic heterocycles. The Morgan fingerprint density at radius 1 is 0.557 bits per heavy atom. The molecule has 0 aromatic rings. The van der Waals surface area contributed by atoms with E-state index in [9.17, 15) is 19.4 Å². The lowest BCUT2D eigenvalue weighted by atomic mass is 10.0. The van der Waals surface area contributed by atoms with E-state index in [4.69, 9.17) is 9.05 Å². The summed E-state index contributed by atoms with van der Waals surface area (Å²) in [4.78, 5) is 25.3. The van der Waals surface area contributed by atoms with Gasteiger partial charge >= 0.3 is 0 Å². The zero-order valence-electron chi connectivity index (χ0n) is 40.9. The van der Waals surface area contributed by atoms with Crippen LogP contribution in [0.3, 0.4) is 0 Å². The molecular formula is C52H101N2O6P. The van der Waals surface area contributed by atoms with Crippen molar-refractivity contribution >= 4 is 13.7 Å². The molecule has 0 bridgehead atoms. The van der Waals surface area contributed by atoms with Gasteiger partial charge in [0.25, 0.3) is 7.82 Å². The van der Waals surface area contributed by atoms with Crippen molar-refractivity contribution in [1.29, 1.82) is 0 Å². The Morgan fingerprint density at radius 2 is 0.918 bits per heavy atom. The Hall–Kier alpha value is -1.28. The van der Waals surface area contributed by atoms with E-state index < -0.39 is 26.6 Å². The summed E-state index contributed by atoms with van der Waals surface area (Å²) in [5, 5.41) is 13.8. The summed E-state index contributed by atoms with van der Waals surface area (Å²) < 4.78 is 23.2. The van der Waals surface area contributed by atoms with Gasteiger partial charge in [-0.15, -0.1) is 0 Å². The molecule has 0 aliphatic rings. The lowest BCUT2D eigenvalue weighted by Crippen LogP contribution is -2.45. The van der Waals surface area contributed by atoms with Gasteiger partial charge in [-0.1, -0.05) is 211 Å². The Morgan fingerprint density at radius 3 is 1.33 bits per heavy atom. The second-order valence-electron chi connectivity index (χ2n) is 18.9. The summed E-state index contributed by atoms with van der Waals surface area (Å²) in [6, 6.07) is -0.906. The number of carbonyl (C=O) groups excluding carboxylic acids is 1. The highest BCUT2D eigenvalue weighted by Gasteiger charge is 2.23. The second kappa shape index (κ2) is 43.9. The Balaban J connectivity index is 4.30. The van der Waals surface area contributed by atoms with Crippen LogP contribution >= 0.6 is 7.82 Å². The van der Waals surface area contributed by atoms with Gasteiger partial charge in [0.05, 0.1) is 39.9 Å². The molecule has 61 heavy (non-hydrogen) atoms. The van der Waals surface area contributed by atoms with Crippen molar-refractivity contribution < 1.29 is 32.9 Å². The quantitative estimate of drug-likeness (QED) is 0.0273. The van der Waals surface area contributed by atoms with Crippen LogP contribution in [0, 0.1) is 0 Å². The maximum Gasteiger partial charge on any atom is 0.268 e. The van der Waals surface area contributed by atoms with Gasteiger partial charge < -0.3 is 28.8 Å². The Bertz CT molecular complexity index is 1090. The maximum absolute atomic E-state index is 12.9. The highest BCUT2D eigenvalue weighted by Crippen LogP contribution is 2.38. The number of rotatable bonds is 47. The zero-order valence-corrected chi connectivity index (χ0v) is 41.8. The molecule has 1 amide bonds. The van der Waals surface area contributed by atoms with Gasteiger partial charge in [0.2, 0.25) is 5.91 Å². The van der Waals surface area contributed by atoms with E-state index in [1.54, 1.807) is 6.08 Å². The van der Waals surface area contributed by atoms with Gasteiger partial charge in [0.15, 0.2) is 0 Å². The standard InChI is InChI=1S/C52H101N2O6P/c1-6-8-10-12-14-16-18-20-22-23-24-25-26-27-28-29-30-31-32-33-35-37-39-41-43-45-51(55)50(49-60-61(57,58)59-48-47-54(3,4)5)53-52(56)46-44-42-40-38-36-34-21-19-17-15-13-11-9-7-2/h19,21,35,37,43,45,50-51,55H,6-18,20,22-34,36,38-42,44,46-49H2,1-5H3,(H-,53,56,57,58)/b21-19-,37-35+,45-43+. The molecule has 0 saturated heterocycles. The number of hydrogen-bond donors (Lipinski definition) is 2. The Labute approximate surface area is 378 Å². The lowest BCUT2D eigenvalue weighted by molar-refractivity contribution is -0.870. The summed E-state index contributed by atoms with van der Waals surface area (Å²) in [5.41, 5.74) is 0. The fraction of sp³-hybridized carbons (Fsp3) is 0.865. The molecule has 0 radical (unpaired) electrons. The summed E-state index contributed by atoms with van der Waals surface area (Å²) >= 11 is 0. The summed E-state index contributed by atoms with van der Waals surface area (Å²) in [5.74, 6) is -0.215. The molecule has 3 atom stereocenters. The van der Waals surface area contributed by atoms with Gasteiger partial charge in [-0.05, 0) is 57.8 Å². The molecule has 0 spiro atoms. The summed E-state index contributed by atoms with van der Waals surface area (Å²) in [6.45, 7) is 4.62. The first-order chi connectivity index (χ1) is 29.5. The highest BCUT2D eigenvalue weighted by atomic mass is 31.2. The predicted octanol–water partition coefficient (Wildman–Crippen LogP) is 14.4. The molecule has 3 unspecified atom stereocenters. The number of aliphatic hydroxyl groups is 1. The molecule has 0 saturated carbocycles. The first-order valence-corrected chi connectivity index (χ1v) is 27.3. The molecular weight excluding hydrogens is 780 g/mol. The topological polar surface area (TPSA) is 108 Å². The lowest BCUT2D eigenvalue weighted by Gasteiger charge is -2.29. The van der Waals surface area contributed by atoms with Crippen LogP contribution in [-0.4, -0.2) is 68.5 Å². The predicted molar refractivity (Wildman–Crippen MR) is 261 cm³/mol. The largest absolute Gasteiger partial charge is 0.756 e. The number of amides is 1. The fourth-order valence-corrected chi connectivity index (χ4v) is 8.18. The first kappa shape index (κ1) is 59.7. The van der Waals surface area contributed by atoms with E-state index in [1.165, 1.54) is 161 Å². The number of likely N-dealkylation sites (N-methyl/N-ethyl adjacent to an activating group) is 1. The monoisotopic (exact) mass is 881 g/mol. The molecule has 0 fully saturated rings. The number of nitrogens with one attached hydrogen (secondary N) is 1. The SMILES string of the molecule is CCCCCCC/C=C\CCCCCCCC(=O)NC(COP(=O)([O-])OCC[N+](C)(C)C)C(O)/C=C/CC/C=C/CCCCCCCCCCCCCCCCCCCCC. The van der Waals surface area contributed by atoms with Crippen molar-refractivity contribution in [2.24, 2.45) is 0 Å². The summed E-state index contributed by atoms with van der Waals surface area (Å²) in [7, 11) is 1.24. The van der Waals surface area contributed by atoms with Crippen molar-refractivity contribution in [3.05, 3.63) is 36.5 Å². The van der Waals surface area contributed by atoms with Crippen molar-refractivity contribution in [3.8, 4) is 0 Å². The molecule has 0 heterocycles. The van der Waals surface area contributed by atoms with Crippen LogP contribution in [0.25, 0.3) is 0 Å². The summed E-state index contributed by atoms with van der Waals surface area (Å²) in [6.07, 6.45) is 55.0. The van der Waals surface area contributed by atoms with Gasteiger partial charge in [0, 0.05) is 6.42 Å². The van der Waals surface area contributed by atoms with Gasteiger partial charge in [-0.25, -0.2) is 0 Å². The number of hydrogen-bond acceptors (Lipinski definition) is 6. The van der Waals surface area contributed by atoms with E-state index in [2.05, 4.69) is 43.5 Å². The second-order valence-corrected chi connectivity index (χ2v) is 20.3. The number of nitrogens with zero attached hydrogens (tertiary/aromatic N) is 1. The van der Waals surface area contributed by atoms with Crippen LogP contribution < -0.4 is 10.2 Å². The van der Waals surface area contributed by atoms with Crippen LogP contribution in [0.5, 0.6) is 0 Å². The molecule has 360 valence electrons. The number of phosphoric acid groups is 1. The highest BCUT2D eigenvalue weighted by molar-refractivity contribution is 7.45. The first-order valence-electron chi connectivity index (χ1n) is 25.9. The fourth-order valence-electron chi connectivity index (χ4n) is 7.46.